The van der Waals surface area contributed by atoms with E-state index in [-0.39, 0.29) is 5.78 Å². The Morgan fingerprint density at radius 1 is 1.03 bits per heavy atom. The lowest BCUT2D eigenvalue weighted by Crippen LogP contribution is -2.07. The van der Waals surface area contributed by atoms with Crippen molar-refractivity contribution in [2.24, 2.45) is 0 Å². The predicted octanol–water partition coefficient (Wildman–Crippen LogP) is 6.70. The lowest BCUT2D eigenvalue weighted by atomic mass is 10.2. The van der Waals surface area contributed by atoms with Crippen molar-refractivity contribution in [2.75, 3.05) is 5.75 Å². The SMILES string of the molecule is CCCn1c(C)cc(C(=O)CSc2nnc(-c3ccc(Cl)cc3)n2-c2cccc(C)c2)c1C. The molecule has 2 aromatic carbocycles. The third kappa shape index (κ3) is 4.92. The summed E-state index contributed by atoms with van der Waals surface area (Å²) in [6, 6.07) is 17.7. The van der Waals surface area contributed by atoms with E-state index in [2.05, 4.69) is 47.7 Å². The summed E-state index contributed by atoms with van der Waals surface area (Å²) in [4.78, 5) is 13.1. The highest BCUT2D eigenvalue weighted by Crippen LogP contribution is 2.30. The van der Waals surface area contributed by atoms with Crippen LogP contribution >= 0.6 is 23.4 Å². The highest BCUT2D eigenvalue weighted by molar-refractivity contribution is 7.99. The van der Waals surface area contributed by atoms with Crippen LogP contribution in [0.15, 0.2) is 59.8 Å². The number of carbonyl (C=O) groups excluding carboxylic acids is 1. The number of rotatable bonds is 8. The van der Waals surface area contributed by atoms with Crippen LogP contribution in [0, 0.1) is 20.8 Å². The summed E-state index contributed by atoms with van der Waals surface area (Å²) in [6.45, 7) is 9.20. The Morgan fingerprint density at radius 2 is 1.79 bits per heavy atom. The van der Waals surface area contributed by atoms with Crippen molar-refractivity contribution in [2.45, 2.75) is 45.8 Å². The number of aryl methyl sites for hydroxylation is 2. The molecule has 2 aromatic heterocycles. The molecule has 33 heavy (non-hydrogen) atoms. The minimum absolute atomic E-state index is 0.0993. The van der Waals surface area contributed by atoms with Crippen LogP contribution in [0.2, 0.25) is 5.02 Å². The first-order valence-corrected chi connectivity index (χ1v) is 12.4. The molecule has 4 rings (SSSR count). The van der Waals surface area contributed by atoms with Crippen LogP contribution in [0.4, 0.5) is 0 Å². The summed E-state index contributed by atoms with van der Waals surface area (Å²) in [6.07, 6.45) is 1.03. The van der Waals surface area contributed by atoms with Crippen LogP contribution in [0.1, 0.15) is 40.7 Å². The molecule has 0 bridgehead atoms. The fraction of sp³-hybridized carbons (Fsp3) is 0.269. The number of aromatic nitrogens is 4. The Balaban J connectivity index is 1.66. The van der Waals surface area contributed by atoms with E-state index < -0.39 is 0 Å². The van der Waals surface area contributed by atoms with Gasteiger partial charge in [0.1, 0.15) is 0 Å². The summed E-state index contributed by atoms with van der Waals surface area (Å²) in [7, 11) is 0. The Kier molecular flexibility index (Phi) is 7.05. The van der Waals surface area contributed by atoms with Gasteiger partial charge in [0.05, 0.1) is 5.75 Å². The molecule has 2 heterocycles. The monoisotopic (exact) mass is 478 g/mol. The van der Waals surface area contributed by atoms with Crippen molar-refractivity contribution in [3.8, 4) is 17.1 Å². The van der Waals surface area contributed by atoms with E-state index in [0.29, 0.717) is 21.8 Å². The van der Waals surface area contributed by atoms with Gasteiger partial charge >= 0.3 is 0 Å². The molecule has 0 fully saturated rings. The number of nitrogens with zero attached hydrogens (tertiary/aromatic N) is 4. The first-order valence-electron chi connectivity index (χ1n) is 11.0. The maximum atomic E-state index is 13.1. The van der Waals surface area contributed by atoms with E-state index in [9.17, 15) is 4.79 Å². The number of hydrogen-bond donors (Lipinski definition) is 0. The first-order chi connectivity index (χ1) is 15.9. The molecule has 0 aliphatic rings. The maximum absolute atomic E-state index is 13.1. The van der Waals surface area contributed by atoms with Crippen molar-refractivity contribution in [3.63, 3.8) is 0 Å². The number of Topliss-reactive ketones (excluding diaryl/α,β-unsaturated/α-hetero) is 1. The minimum Gasteiger partial charge on any atom is -0.348 e. The van der Waals surface area contributed by atoms with Crippen molar-refractivity contribution in [1.29, 1.82) is 0 Å². The Labute approximate surface area is 203 Å². The van der Waals surface area contributed by atoms with Crippen LogP contribution in [-0.2, 0) is 6.54 Å². The van der Waals surface area contributed by atoms with Crippen LogP contribution in [-0.4, -0.2) is 30.9 Å². The first kappa shape index (κ1) is 23.3. The molecular weight excluding hydrogens is 452 g/mol. The van der Waals surface area contributed by atoms with Crippen molar-refractivity contribution >= 4 is 29.1 Å². The van der Waals surface area contributed by atoms with Crippen molar-refractivity contribution in [1.82, 2.24) is 19.3 Å². The van der Waals surface area contributed by atoms with Gasteiger partial charge in [0, 0.05) is 39.8 Å². The second-order valence-electron chi connectivity index (χ2n) is 8.14. The van der Waals surface area contributed by atoms with Crippen LogP contribution in [0.25, 0.3) is 17.1 Å². The molecule has 0 saturated carbocycles. The summed E-state index contributed by atoms with van der Waals surface area (Å²) < 4.78 is 4.22. The van der Waals surface area contributed by atoms with Gasteiger partial charge in [0.25, 0.3) is 0 Å². The Bertz CT molecular complexity index is 1290. The van der Waals surface area contributed by atoms with E-state index in [0.717, 1.165) is 46.7 Å². The van der Waals surface area contributed by atoms with Gasteiger partial charge in [-0.15, -0.1) is 10.2 Å². The molecule has 0 aliphatic carbocycles. The quantitative estimate of drug-likeness (QED) is 0.209. The fourth-order valence-electron chi connectivity index (χ4n) is 4.01. The van der Waals surface area contributed by atoms with Gasteiger partial charge in [-0.25, -0.2) is 0 Å². The molecule has 0 saturated heterocycles. The zero-order valence-corrected chi connectivity index (χ0v) is 20.9. The number of benzene rings is 2. The van der Waals surface area contributed by atoms with Crippen LogP contribution in [0.5, 0.6) is 0 Å². The number of halogens is 1. The van der Waals surface area contributed by atoms with Gasteiger partial charge in [-0.05, 0) is 75.2 Å². The highest BCUT2D eigenvalue weighted by Gasteiger charge is 2.20. The Hall–Kier alpha value is -2.83. The van der Waals surface area contributed by atoms with E-state index in [1.165, 1.54) is 11.8 Å². The fourth-order valence-corrected chi connectivity index (χ4v) is 4.97. The molecule has 7 heteroatoms. The average molecular weight is 479 g/mol. The predicted molar refractivity (Wildman–Crippen MR) is 136 cm³/mol. The molecule has 5 nitrogen and oxygen atoms in total. The van der Waals surface area contributed by atoms with E-state index >= 15 is 0 Å². The standard InChI is InChI=1S/C26H27ClN4OS/c1-5-13-30-18(3)15-23(19(30)4)24(32)16-33-26-29-28-25(20-9-11-21(27)12-10-20)31(26)22-8-6-7-17(2)14-22/h6-12,14-15H,5,13,16H2,1-4H3. The van der Waals surface area contributed by atoms with Gasteiger partial charge in [0.2, 0.25) is 0 Å². The largest absolute Gasteiger partial charge is 0.348 e. The highest BCUT2D eigenvalue weighted by atomic mass is 35.5. The second-order valence-corrected chi connectivity index (χ2v) is 9.51. The summed E-state index contributed by atoms with van der Waals surface area (Å²) in [5.41, 5.74) is 5.94. The maximum Gasteiger partial charge on any atom is 0.196 e. The topological polar surface area (TPSA) is 52.7 Å². The minimum atomic E-state index is 0.0993. The van der Waals surface area contributed by atoms with Crippen molar-refractivity contribution < 1.29 is 4.79 Å². The number of thioether (sulfide) groups is 1. The molecule has 170 valence electrons. The third-order valence-electron chi connectivity index (χ3n) is 5.65. The molecule has 4 aromatic rings. The second kappa shape index (κ2) is 9.98. The third-order valence-corrected chi connectivity index (χ3v) is 6.83. The molecule has 0 amide bonds. The molecule has 0 aliphatic heterocycles. The van der Waals surface area contributed by atoms with E-state index in [1.54, 1.807) is 0 Å². The zero-order chi connectivity index (χ0) is 23.5. The average Bonchev–Trinajstić information content (AvgIpc) is 3.34. The summed E-state index contributed by atoms with van der Waals surface area (Å²) in [5, 5.41) is 10.3. The summed E-state index contributed by atoms with van der Waals surface area (Å²) >= 11 is 7.49. The molecule has 0 spiro atoms. The number of hydrogen-bond acceptors (Lipinski definition) is 4. The van der Waals surface area contributed by atoms with Gasteiger partial charge < -0.3 is 4.57 Å². The normalized spacial score (nSPS) is 11.2. The Morgan fingerprint density at radius 3 is 2.48 bits per heavy atom. The zero-order valence-electron chi connectivity index (χ0n) is 19.3. The van der Waals surface area contributed by atoms with Gasteiger partial charge in [-0.2, -0.15) is 0 Å². The van der Waals surface area contributed by atoms with E-state index in [4.69, 9.17) is 11.6 Å². The molecule has 0 unspecified atom stereocenters. The van der Waals surface area contributed by atoms with Gasteiger partial charge in [-0.1, -0.05) is 42.4 Å². The molecule has 0 atom stereocenters. The van der Waals surface area contributed by atoms with Crippen molar-refractivity contribution in [3.05, 3.63) is 82.1 Å². The molecule has 0 N–H and O–H groups in total. The van der Waals surface area contributed by atoms with Crippen LogP contribution in [0.3, 0.4) is 0 Å². The number of ketones is 1. The summed E-state index contributed by atoms with van der Waals surface area (Å²) in [5.74, 6) is 1.11. The van der Waals surface area contributed by atoms with Gasteiger partial charge in [0.15, 0.2) is 16.8 Å². The van der Waals surface area contributed by atoms with E-state index in [1.807, 2.05) is 54.0 Å². The lowest BCUT2D eigenvalue weighted by Gasteiger charge is -2.11. The van der Waals surface area contributed by atoms with Gasteiger partial charge in [-0.3, -0.25) is 9.36 Å². The smallest absolute Gasteiger partial charge is 0.196 e. The molecular formula is C26H27ClN4OS. The lowest BCUT2D eigenvalue weighted by molar-refractivity contribution is 0.102. The number of carbonyl (C=O) groups is 1. The molecule has 0 radical (unpaired) electrons. The van der Waals surface area contributed by atoms with Crippen LogP contribution < -0.4 is 0 Å².